The Hall–Kier alpha value is -2.95. The van der Waals surface area contributed by atoms with Gasteiger partial charge in [0.15, 0.2) is 12.4 Å². The summed E-state index contributed by atoms with van der Waals surface area (Å²) in [6.07, 6.45) is 0.817. The molecule has 2 aromatic carbocycles. The van der Waals surface area contributed by atoms with Crippen molar-refractivity contribution in [2.24, 2.45) is 0 Å². The summed E-state index contributed by atoms with van der Waals surface area (Å²) in [5.41, 5.74) is 2.09. The van der Waals surface area contributed by atoms with E-state index in [1.165, 1.54) is 6.92 Å². The smallest absolute Gasteiger partial charge is 0.306 e. The SMILES string of the molecule is CC(=O)Nc1ccc(C(=O)COC(=O)CCc2ccccc2)cc1. The number of nitrogens with one attached hydrogen (secondary N) is 1. The zero-order valence-electron chi connectivity index (χ0n) is 13.5. The standard InChI is InChI=1S/C19H19NO4/c1-14(21)20-17-10-8-16(9-11-17)18(22)13-24-19(23)12-7-15-5-3-2-4-6-15/h2-6,8-11H,7,12-13H2,1H3,(H,20,21). The predicted molar refractivity (Wildman–Crippen MR) is 90.8 cm³/mol. The number of carbonyl (C=O) groups excluding carboxylic acids is 3. The minimum absolute atomic E-state index is 0.179. The third kappa shape index (κ3) is 5.68. The van der Waals surface area contributed by atoms with Crippen molar-refractivity contribution < 1.29 is 19.1 Å². The van der Waals surface area contributed by atoms with Gasteiger partial charge in [-0.05, 0) is 36.2 Å². The maximum absolute atomic E-state index is 12.0. The first-order chi connectivity index (χ1) is 11.5. The highest BCUT2D eigenvalue weighted by Gasteiger charge is 2.10. The van der Waals surface area contributed by atoms with E-state index in [-0.39, 0.29) is 24.7 Å². The van der Waals surface area contributed by atoms with E-state index in [9.17, 15) is 14.4 Å². The Labute approximate surface area is 140 Å². The fraction of sp³-hybridized carbons (Fsp3) is 0.211. The lowest BCUT2D eigenvalue weighted by Crippen LogP contribution is -2.14. The summed E-state index contributed by atoms with van der Waals surface area (Å²) in [6, 6.07) is 16.1. The highest BCUT2D eigenvalue weighted by atomic mass is 16.5. The average molecular weight is 325 g/mol. The van der Waals surface area contributed by atoms with E-state index in [2.05, 4.69) is 5.32 Å². The normalized spacial score (nSPS) is 10.0. The number of Topliss-reactive ketones (excluding diaryl/α,β-unsaturated/α-hetero) is 1. The van der Waals surface area contributed by atoms with E-state index in [4.69, 9.17) is 4.74 Å². The molecule has 0 heterocycles. The van der Waals surface area contributed by atoms with Gasteiger partial charge in [-0.15, -0.1) is 0 Å². The molecule has 0 atom stereocenters. The number of hydrogen-bond acceptors (Lipinski definition) is 4. The van der Waals surface area contributed by atoms with Crippen molar-refractivity contribution in [3.05, 3.63) is 65.7 Å². The predicted octanol–water partition coefficient (Wildman–Crippen LogP) is 3.00. The van der Waals surface area contributed by atoms with Crippen molar-refractivity contribution in [1.82, 2.24) is 0 Å². The molecule has 0 aliphatic heterocycles. The monoisotopic (exact) mass is 325 g/mol. The van der Waals surface area contributed by atoms with E-state index in [1.807, 2.05) is 30.3 Å². The summed E-state index contributed by atoms with van der Waals surface area (Å²) >= 11 is 0. The summed E-state index contributed by atoms with van der Waals surface area (Å²) in [5.74, 6) is -0.860. The van der Waals surface area contributed by atoms with Gasteiger partial charge >= 0.3 is 5.97 Å². The third-order valence-corrected chi connectivity index (χ3v) is 3.35. The van der Waals surface area contributed by atoms with Crippen molar-refractivity contribution in [3.8, 4) is 0 Å². The number of anilines is 1. The third-order valence-electron chi connectivity index (χ3n) is 3.35. The van der Waals surface area contributed by atoms with Gasteiger partial charge in [0.1, 0.15) is 0 Å². The quantitative estimate of drug-likeness (QED) is 0.627. The van der Waals surface area contributed by atoms with Crippen LogP contribution in [-0.2, 0) is 20.7 Å². The second kappa shape index (κ2) is 8.62. The minimum atomic E-state index is -0.401. The Morgan fingerprint density at radius 2 is 1.62 bits per heavy atom. The Balaban J connectivity index is 1.77. The van der Waals surface area contributed by atoms with E-state index in [0.29, 0.717) is 17.7 Å². The molecule has 0 bridgehead atoms. The highest BCUT2D eigenvalue weighted by Crippen LogP contribution is 2.10. The van der Waals surface area contributed by atoms with Crippen LogP contribution in [0.1, 0.15) is 29.3 Å². The van der Waals surface area contributed by atoms with E-state index in [1.54, 1.807) is 24.3 Å². The molecule has 0 saturated heterocycles. The average Bonchev–Trinajstić information content (AvgIpc) is 2.59. The molecule has 2 rings (SSSR count). The molecule has 1 N–H and O–H groups in total. The summed E-state index contributed by atoms with van der Waals surface area (Å²) in [4.78, 5) is 34.6. The van der Waals surface area contributed by atoms with Crippen LogP contribution in [0.2, 0.25) is 0 Å². The topological polar surface area (TPSA) is 72.5 Å². The van der Waals surface area contributed by atoms with E-state index >= 15 is 0 Å². The molecule has 2 aromatic rings. The lowest BCUT2D eigenvalue weighted by molar-refractivity contribution is -0.142. The molecule has 0 aliphatic rings. The molecule has 0 saturated carbocycles. The van der Waals surface area contributed by atoms with Gasteiger partial charge in [0.05, 0.1) is 0 Å². The summed E-state index contributed by atoms with van der Waals surface area (Å²) in [6.45, 7) is 1.13. The first-order valence-electron chi connectivity index (χ1n) is 7.65. The fourth-order valence-electron chi connectivity index (χ4n) is 2.14. The van der Waals surface area contributed by atoms with Crippen LogP contribution in [0.15, 0.2) is 54.6 Å². The van der Waals surface area contributed by atoms with Crippen molar-refractivity contribution >= 4 is 23.3 Å². The van der Waals surface area contributed by atoms with Crippen molar-refractivity contribution in [1.29, 1.82) is 0 Å². The van der Waals surface area contributed by atoms with Crippen LogP contribution >= 0.6 is 0 Å². The maximum atomic E-state index is 12.0. The number of ether oxygens (including phenoxy) is 1. The molecule has 0 spiro atoms. The molecule has 0 fully saturated rings. The molecule has 24 heavy (non-hydrogen) atoms. The molecule has 5 nitrogen and oxygen atoms in total. The number of benzene rings is 2. The summed E-state index contributed by atoms with van der Waals surface area (Å²) < 4.78 is 5.02. The van der Waals surface area contributed by atoms with Crippen LogP contribution in [0, 0.1) is 0 Å². The lowest BCUT2D eigenvalue weighted by Gasteiger charge is -2.06. The van der Waals surface area contributed by atoms with Crippen LogP contribution in [0.4, 0.5) is 5.69 Å². The molecule has 5 heteroatoms. The van der Waals surface area contributed by atoms with Gasteiger partial charge < -0.3 is 10.1 Å². The first-order valence-corrected chi connectivity index (χ1v) is 7.65. The maximum Gasteiger partial charge on any atom is 0.306 e. The van der Waals surface area contributed by atoms with E-state index < -0.39 is 5.97 Å². The van der Waals surface area contributed by atoms with Crippen LogP contribution in [-0.4, -0.2) is 24.3 Å². The van der Waals surface area contributed by atoms with Gasteiger partial charge in [0, 0.05) is 24.6 Å². The van der Waals surface area contributed by atoms with Gasteiger partial charge in [-0.3, -0.25) is 14.4 Å². The number of amides is 1. The Bertz CT molecular complexity index is 708. The number of esters is 1. The molecule has 1 amide bonds. The van der Waals surface area contributed by atoms with Crippen molar-refractivity contribution in [2.75, 3.05) is 11.9 Å². The number of carbonyl (C=O) groups is 3. The lowest BCUT2D eigenvalue weighted by atomic mass is 10.1. The Morgan fingerprint density at radius 3 is 2.25 bits per heavy atom. The molecule has 0 unspecified atom stereocenters. The van der Waals surface area contributed by atoms with Crippen molar-refractivity contribution in [3.63, 3.8) is 0 Å². The number of rotatable bonds is 7. The zero-order chi connectivity index (χ0) is 17.4. The van der Waals surface area contributed by atoms with Gasteiger partial charge in [0.2, 0.25) is 5.91 Å². The molecule has 0 aromatic heterocycles. The summed E-state index contributed by atoms with van der Waals surface area (Å²) in [7, 11) is 0. The zero-order valence-corrected chi connectivity index (χ0v) is 13.5. The molecular formula is C19H19NO4. The number of hydrogen-bond donors (Lipinski definition) is 1. The molecule has 0 radical (unpaired) electrons. The van der Waals surface area contributed by atoms with Crippen molar-refractivity contribution in [2.45, 2.75) is 19.8 Å². The number of aryl methyl sites for hydroxylation is 1. The Morgan fingerprint density at radius 1 is 0.958 bits per heavy atom. The number of ketones is 1. The van der Waals surface area contributed by atoms with Crippen LogP contribution in [0.5, 0.6) is 0 Å². The van der Waals surface area contributed by atoms with Gasteiger partial charge in [0.25, 0.3) is 0 Å². The second-order valence-electron chi connectivity index (χ2n) is 5.33. The minimum Gasteiger partial charge on any atom is -0.457 e. The highest BCUT2D eigenvalue weighted by molar-refractivity contribution is 5.98. The second-order valence-corrected chi connectivity index (χ2v) is 5.33. The van der Waals surface area contributed by atoms with Crippen LogP contribution in [0.3, 0.4) is 0 Å². The Kier molecular flexibility index (Phi) is 6.25. The molecular weight excluding hydrogens is 306 g/mol. The van der Waals surface area contributed by atoms with E-state index in [0.717, 1.165) is 5.56 Å². The molecule has 124 valence electrons. The first kappa shape index (κ1) is 17.4. The summed E-state index contributed by atoms with van der Waals surface area (Å²) in [5, 5.41) is 2.62. The van der Waals surface area contributed by atoms with Gasteiger partial charge in [-0.2, -0.15) is 0 Å². The van der Waals surface area contributed by atoms with Crippen LogP contribution in [0.25, 0.3) is 0 Å². The van der Waals surface area contributed by atoms with Crippen LogP contribution < -0.4 is 5.32 Å². The van der Waals surface area contributed by atoms with Gasteiger partial charge in [-0.25, -0.2) is 0 Å². The molecule has 0 aliphatic carbocycles. The van der Waals surface area contributed by atoms with Gasteiger partial charge in [-0.1, -0.05) is 30.3 Å². The largest absolute Gasteiger partial charge is 0.457 e. The fourth-order valence-corrected chi connectivity index (χ4v) is 2.14.